The molecule has 3 heterocycles. The standard InChI is InChI=1S/C30H46FN5O3/c1-20-7-9-23(10-8-20)28-6-4-5-25(39-28)17-33-22(3)21(2)29(34-19-32)30(37)36-14-11-24(12-15-36)35-27-13-16-38-18-26(27)31/h7-9,19,23-28,33,35H,3-6,10-18H2,1-2H3,(H2,32,34)/b29-21-/t23?,25-,26?,27?,28+/m1/s1. The highest BCUT2D eigenvalue weighted by Crippen LogP contribution is 2.30. The van der Waals surface area contributed by atoms with E-state index in [0.29, 0.717) is 55.5 Å². The van der Waals surface area contributed by atoms with Crippen molar-refractivity contribution in [2.24, 2.45) is 16.6 Å². The van der Waals surface area contributed by atoms with Crippen LogP contribution in [0.5, 0.6) is 0 Å². The largest absolute Gasteiger partial charge is 0.390 e. The van der Waals surface area contributed by atoms with Gasteiger partial charge >= 0.3 is 0 Å². The van der Waals surface area contributed by atoms with E-state index in [0.717, 1.165) is 44.9 Å². The lowest BCUT2D eigenvalue weighted by molar-refractivity contribution is -0.128. The molecule has 4 aliphatic rings. The molecule has 0 bridgehead atoms. The van der Waals surface area contributed by atoms with Gasteiger partial charge in [0, 0.05) is 55.5 Å². The van der Waals surface area contributed by atoms with Crippen LogP contribution < -0.4 is 16.4 Å². The van der Waals surface area contributed by atoms with Crippen LogP contribution in [0.4, 0.5) is 4.39 Å². The van der Waals surface area contributed by atoms with E-state index in [1.54, 1.807) is 4.90 Å². The topological polar surface area (TPSA) is 101 Å². The number of allylic oxidation sites excluding steroid dienone is 4. The number of nitrogens with two attached hydrogens (primary N) is 1. The van der Waals surface area contributed by atoms with Crippen molar-refractivity contribution in [1.29, 1.82) is 0 Å². The Balaban J connectivity index is 1.28. The van der Waals surface area contributed by atoms with Crippen molar-refractivity contribution in [2.75, 3.05) is 32.8 Å². The summed E-state index contributed by atoms with van der Waals surface area (Å²) in [5.41, 5.74) is 8.56. The van der Waals surface area contributed by atoms with E-state index < -0.39 is 6.17 Å². The van der Waals surface area contributed by atoms with Crippen LogP contribution in [0.15, 0.2) is 52.3 Å². The van der Waals surface area contributed by atoms with Gasteiger partial charge in [-0.3, -0.25) is 4.79 Å². The number of amides is 1. The smallest absolute Gasteiger partial charge is 0.272 e. The van der Waals surface area contributed by atoms with E-state index in [4.69, 9.17) is 15.2 Å². The normalized spacial score (nSPS) is 31.1. The minimum Gasteiger partial charge on any atom is -0.390 e. The van der Waals surface area contributed by atoms with Gasteiger partial charge in [-0.2, -0.15) is 0 Å². The van der Waals surface area contributed by atoms with Gasteiger partial charge in [-0.15, -0.1) is 0 Å². The highest BCUT2D eigenvalue weighted by Gasteiger charge is 2.32. The van der Waals surface area contributed by atoms with Crippen molar-refractivity contribution in [1.82, 2.24) is 15.5 Å². The van der Waals surface area contributed by atoms with Crippen LogP contribution in [0.25, 0.3) is 0 Å². The van der Waals surface area contributed by atoms with Crippen LogP contribution in [-0.4, -0.2) is 80.5 Å². The molecule has 1 aliphatic carbocycles. The van der Waals surface area contributed by atoms with Gasteiger partial charge in [-0.05, 0) is 58.8 Å². The third-order valence-corrected chi connectivity index (χ3v) is 8.45. The van der Waals surface area contributed by atoms with Crippen molar-refractivity contribution < 1.29 is 18.7 Å². The average Bonchev–Trinajstić information content (AvgIpc) is 2.96. The summed E-state index contributed by atoms with van der Waals surface area (Å²) in [6.45, 7) is 10.7. The van der Waals surface area contributed by atoms with Crippen LogP contribution in [0.2, 0.25) is 0 Å². The summed E-state index contributed by atoms with van der Waals surface area (Å²) in [7, 11) is 0. The second kappa shape index (κ2) is 14.2. The molecule has 8 nitrogen and oxygen atoms in total. The quantitative estimate of drug-likeness (QED) is 0.178. The van der Waals surface area contributed by atoms with Crippen LogP contribution in [0.3, 0.4) is 0 Å². The van der Waals surface area contributed by atoms with Crippen molar-refractivity contribution in [3.8, 4) is 0 Å². The predicted molar refractivity (Wildman–Crippen MR) is 153 cm³/mol. The molecule has 0 spiro atoms. The highest BCUT2D eigenvalue weighted by molar-refractivity contribution is 5.95. The Bertz CT molecular complexity index is 985. The van der Waals surface area contributed by atoms with Crippen molar-refractivity contribution in [3.63, 3.8) is 0 Å². The fraction of sp³-hybridized carbons (Fsp3) is 0.667. The summed E-state index contributed by atoms with van der Waals surface area (Å²) >= 11 is 0. The fourth-order valence-electron chi connectivity index (χ4n) is 5.91. The number of nitrogens with one attached hydrogen (secondary N) is 2. The van der Waals surface area contributed by atoms with Gasteiger partial charge < -0.3 is 30.7 Å². The molecule has 0 aromatic carbocycles. The molecule has 3 aliphatic heterocycles. The van der Waals surface area contributed by atoms with Gasteiger partial charge in [-0.25, -0.2) is 9.38 Å². The summed E-state index contributed by atoms with van der Waals surface area (Å²) < 4.78 is 25.8. The zero-order chi connectivity index (χ0) is 27.8. The first kappa shape index (κ1) is 29.5. The van der Waals surface area contributed by atoms with Crippen LogP contribution in [0.1, 0.15) is 58.8 Å². The fourth-order valence-corrected chi connectivity index (χ4v) is 5.91. The summed E-state index contributed by atoms with van der Waals surface area (Å²) in [6.07, 6.45) is 13.7. The number of carbonyl (C=O) groups is 1. The van der Waals surface area contributed by atoms with E-state index >= 15 is 0 Å². The number of halogens is 1. The van der Waals surface area contributed by atoms with Gasteiger partial charge in [0.2, 0.25) is 0 Å². The zero-order valence-corrected chi connectivity index (χ0v) is 23.5. The van der Waals surface area contributed by atoms with Gasteiger partial charge in [0.1, 0.15) is 11.9 Å². The molecule has 3 unspecified atom stereocenters. The second-order valence-electron chi connectivity index (χ2n) is 11.3. The van der Waals surface area contributed by atoms with Gasteiger partial charge in [0.15, 0.2) is 0 Å². The van der Waals surface area contributed by atoms with Crippen LogP contribution in [-0.2, 0) is 14.3 Å². The molecule has 0 aromatic heterocycles. The lowest BCUT2D eigenvalue weighted by Crippen LogP contribution is -2.52. The molecule has 0 radical (unpaired) electrons. The van der Waals surface area contributed by atoms with E-state index in [9.17, 15) is 9.18 Å². The summed E-state index contributed by atoms with van der Waals surface area (Å²) in [4.78, 5) is 19.5. The maximum atomic E-state index is 14.1. The Hall–Kier alpha value is -2.49. The third-order valence-electron chi connectivity index (χ3n) is 8.45. The molecule has 4 rings (SSSR count). The number of rotatable bonds is 9. The predicted octanol–water partition coefficient (Wildman–Crippen LogP) is 3.52. The minimum atomic E-state index is -0.983. The number of hydrogen-bond acceptors (Lipinski definition) is 6. The molecule has 5 atom stereocenters. The Morgan fingerprint density at radius 3 is 2.77 bits per heavy atom. The number of alkyl halides is 1. The van der Waals surface area contributed by atoms with E-state index in [-0.39, 0.29) is 36.8 Å². The van der Waals surface area contributed by atoms with Gasteiger partial charge in [0.05, 0.1) is 25.2 Å². The number of hydrogen-bond donors (Lipinski definition) is 3. The Kier molecular flexibility index (Phi) is 10.8. The molecule has 0 saturated carbocycles. The maximum Gasteiger partial charge on any atom is 0.272 e. The Labute approximate surface area is 232 Å². The van der Waals surface area contributed by atoms with E-state index in [1.165, 1.54) is 5.57 Å². The van der Waals surface area contributed by atoms with Crippen LogP contribution >= 0.6 is 0 Å². The second-order valence-corrected chi connectivity index (χ2v) is 11.3. The molecule has 3 saturated heterocycles. The van der Waals surface area contributed by atoms with Gasteiger partial charge in [0.25, 0.3) is 5.91 Å². The summed E-state index contributed by atoms with van der Waals surface area (Å²) in [5, 5.41) is 6.83. The first-order valence-electron chi connectivity index (χ1n) is 14.5. The lowest BCUT2D eigenvalue weighted by Gasteiger charge is -2.36. The first-order valence-corrected chi connectivity index (χ1v) is 14.5. The maximum absolute atomic E-state index is 14.1. The molecule has 216 valence electrons. The summed E-state index contributed by atoms with van der Waals surface area (Å²) in [5.74, 6) is 0.269. The SMILES string of the molecule is C=C(NC[C@H]1CCC[C@@H](C2C=CC(C)=CC2)O1)/C(C)=C(\N=C/N)C(=O)N1CCC(NC2CCOCC2F)CC1. The number of aliphatic imine (C=N–C) groups is 1. The molecule has 9 heteroatoms. The zero-order valence-electron chi connectivity index (χ0n) is 23.5. The molecular formula is C30H46FN5O3. The molecule has 0 aromatic rings. The van der Waals surface area contributed by atoms with Gasteiger partial charge in [-0.1, -0.05) is 30.4 Å². The van der Waals surface area contributed by atoms with Crippen molar-refractivity contribution in [3.05, 3.63) is 47.3 Å². The first-order chi connectivity index (χ1) is 18.9. The Morgan fingerprint density at radius 1 is 1.28 bits per heavy atom. The number of ether oxygens (including phenoxy) is 2. The lowest BCUT2D eigenvalue weighted by atomic mass is 9.87. The molecular weight excluding hydrogens is 497 g/mol. The number of likely N-dealkylation sites (tertiary alicyclic amines) is 1. The number of nitrogens with zero attached hydrogens (tertiary/aromatic N) is 2. The van der Waals surface area contributed by atoms with Crippen LogP contribution in [0, 0.1) is 5.92 Å². The molecule has 39 heavy (non-hydrogen) atoms. The molecule has 4 N–H and O–H groups in total. The number of piperidine rings is 1. The van der Waals surface area contributed by atoms with Crippen molar-refractivity contribution in [2.45, 2.75) is 89.3 Å². The third kappa shape index (κ3) is 8.02. The minimum absolute atomic E-state index is 0.0945. The molecule has 1 amide bonds. The molecule has 3 fully saturated rings. The number of carbonyl (C=O) groups excluding carboxylic acids is 1. The van der Waals surface area contributed by atoms with E-state index in [1.807, 2.05) is 6.92 Å². The average molecular weight is 544 g/mol. The monoisotopic (exact) mass is 543 g/mol. The van der Waals surface area contributed by atoms with E-state index in [2.05, 4.69) is 47.4 Å². The summed E-state index contributed by atoms with van der Waals surface area (Å²) in [6, 6.07) is 0.00515. The highest BCUT2D eigenvalue weighted by atomic mass is 19.1. The van der Waals surface area contributed by atoms with Crippen molar-refractivity contribution >= 4 is 12.2 Å². The Morgan fingerprint density at radius 2 is 2.08 bits per heavy atom.